The first kappa shape index (κ1) is 29.1. The lowest BCUT2D eigenvalue weighted by atomic mass is 10.0. The zero-order chi connectivity index (χ0) is 24.2. The lowest BCUT2D eigenvalue weighted by Crippen LogP contribution is -2.30. The lowest BCUT2D eigenvalue weighted by molar-refractivity contribution is -0.122. The van der Waals surface area contributed by atoms with Crippen molar-refractivity contribution in [3.05, 3.63) is 0 Å². The Morgan fingerprint density at radius 3 is 1.91 bits per heavy atom. The number of carbonyl (C=O) groups is 3. The number of hydrogen-bond donors (Lipinski definition) is 5. The maximum atomic E-state index is 11.8. The molecule has 1 heterocycles. The largest absolute Gasteiger partial charge is 0.377 e. The fourth-order valence-electron chi connectivity index (χ4n) is 3.27. The van der Waals surface area contributed by atoms with Gasteiger partial charge in [0.05, 0.1) is 45.7 Å². The molecule has 0 radical (unpaired) electrons. The van der Waals surface area contributed by atoms with Crippen LogP contribution in [0.3, 0.4) is 0 Å². The molecule has 1 fully saturated rings. The second-order valence-electron chi connectivity index (χ2n) is 8.00. The van der Waals surface area contributed by atoms with Crippen molar-refractivity contribution >= 4 is 17.8 Å². The first-order chi connectivity index (χ1) is 16.0. The molecule has 192 valence electrons. The van der Waals surface area contributed by atoms with Crippen LogP contribution in [0.15, 0.2) is 0 Å². The normalized spacial score (nSPS) is 17.5. The number of hydrogen-bond acceptors (Lipinski definition) is 7. The van der Waals surface area contributed by atoms with Gasteiger partial charge in [0.25, 0.3) is 0 Å². The monoisotopic (exact) mass is 473 g/mol. The predicted octanol–water partition coefficient (Wildman–Crippen LogP) is -0.101. The van der Waals surface area contributed by atoms with Crippen LogP contribution in [-0.4, -0.2) is 96.3 Å². The van der Waals surface area contributed by atoms with Crippen molar-refractivity contribution in [3.8, 4) is 0 Å². The van der Waals surface area contributed by atoms with Crippen molar-refractivity contribution in [1.29, 1.82) is 0 Å². The summed E-state index contributed by atoms with van der Waals surface area (Å²) in [7, 11) is 1.81. The van der Waals surface area contributed by atoms with Gasteiger partial charge in [-0.15, -0.1) is 0 Å². The number of amides is 4. The molecule has 0 aliphatic carbocycles. The molecule has 1 saturated heterocycles. The molecule has 33 heavy (non-hydrogen) atoms. The molecule has 1 rings (SSSR count). The van der Waals surface area contributed by atoms with E-state index in [-0.39, 0.29) is 29.9 Å². The van der Waals surface area contributed by atoms with Gasteiger partial charge in [0.2, 0.25) is 11.8 Å². The van der Waals surface area contributed by atoms with Crippen molar-refractivity contribution < 1.29 is 28.6 Å². The van der Waals surface area contributed by atoms with Gasteiger partial charge >= 0.3 is 6.03 Å². The summed E-state index contributed by atoms with van der Waals surface area (Å²) in [6.07, 6.45) is 4.70. The number of carbonyl (C=O) groups excluding carboxylic acids is 3. The van der Waals surface area contributed by atoms with Gasteiger partial charge in [0.15, 0.2) is 0 Å². The van der Waals surface area contributed by atoms with Gasteiger partial charge in [-0.2, -0.15) is 0 Å². The Hall–Kier alpha value is -1.95. The van der Waals surface area contributed by atoms with E-state index < -0.39 is 0 Å². The van der Waals surface area contributed by atoms with E-state index in [1.165, 1.54) is 0 Å². The van der Waals surface area contributed by atoms with Crippen LogP contribution in [0, 0.1) is 0 Å². The third kappa shape index (κ3) is 16.3. The molecular formula is C22H43N5O6. The quantitative estimate of drug-likeness (QED) is 0.147. The number of nitrogens with one attached hydrogen (secondary N) is 5. The summed E-state index contributed by atoms with van der Waals surface area (Å²) < 4.78 is 16.2. The number of unbranched alkanes of at least 4 members (excludes halogenated alkanes) is 2. The maximum absolute atomic E-state index is 11.8. The third-order valence-corrected chi connectivity index (χ3v) is 5.18. The van der Waals surface area contributed by atoms with E-state index in [0.29, 0.717) is 72.1 Å². The highest BCUT2D eigenvalue weighted by atomic mass is 16.5. The molecule has 0 aromatic rings. The van der Waals surface area contributed by atoms with E-state index in [0.717, 1.165) is 25.7 Å². The Labute approximate surface area is 197 Å². The second-order valence-corrected chi connectivity index (χ2v) is 8.00. The van der Waals surface area contributed by atoms with Crippen LogP contribution >= 0.6 is 0 Å². The number of ether oxygens (including phenoxy) is 3. The van der Waals surface area contributed by atoms with Crippen molar-refractivity contribution in [2.24, 2.45) is 0 Å². The van der Waals surface area contributed by atoms with Crippen LogP contribution < -0.4 is 26.6 Å². The average Bonchev–Trinajstić information content (AvgIpc) is 3.11. The Morgan fingerprint density at radius 2 is 1.36 bits per heavy atom. The minimum atomic E-state index is -0.0932. The van der Waals surface area contributed by atoms with Crippen LogP contribution in [0.5, 0.6) is 0 Å². The molecule has 0 bridgehead atoms. The van der Waals surface area contributed by atoms with Gasteiger partial charge in [-0.3, -0.25) is 9.59 Å². The zero-order valence-electron chi connectivity index (χ0n) is 20.2. The van der Waals surface area contributed by atoms with Crippen LogP contribution in [0.1, 0.15) is 45.4 Å². The first-order valence-electron chi connectivity index (χ1n) is 12.0. The highest BCUT2D eigenvalue weighted by Gasteiger charge is 2.26. The summed E-state index contributed by atoms with van der Waals surface area (Å²) in [5, 5.41) is 14.3. The van der Waals surface area contributed by atoms with Gasteiger partial charge in [0.1, 0.15) is 0 Å². The van der Waals surface area contributed by atoms with Crippen molar-refractivity contribution in [2.45, 2.75) is 57.5 Å². The van der Waals surface area contributed by atoms with Gasteiger partial charge < -0.3 is 40.8 Å². The Kier molecular flexibility index (Phi) is 17.2. The summed E-state index contributed by atoms with van der Waals surface area (Å²) in [5.41, 5.74) is 0. The molecule has 11 nitrogen and oxygen atoms in total. The zero-order valence-corrected chi connectivity index (χ0v) is 20.2. The molecule has 1 aliphatic rings. The molecule has 0 spiro atoms. The highest BCUT2D eigenvalue weighted by molar-refractivity contribution is 5.77. The average molecular weight is 474 g/mol. The van der Waals surface area contributed by atoms with Crippen LogP contribution in [0.4, 0.5) is 4.79 Å². The molecule has 0 saturated carbocycles. The van der Waals surface area contributed by atoms with Crippen molar-refractivity contribution in [1.82, 2.24) is 26.6 Å². The van der Waals surface area contributed by atoms with E-state index in [4.69, 9.17) is 14.2 Å². The summed E-state index contributed by atoms with van der Waals surface area (Å²) in [6, 6.07) is 0.259. The molecular weight excluding hydrogens is 430 g/mol. The molecule has 4 amide bonds. The summed E-state index contributed by atoms with van der Waals surface area (Å²) in [5.74, 6) is 0.0478. The van der Waals surface area contributed by atoms with Crippen LogP contribution in [0.25, 0.3) is 0 Å². The number of urea groups is 1. The van der Waals surface area contributed by atoms with Gasteiger partial charge in [-0.25, -0.2) is 4.79 Å². The van der Waals surface area contributed by atoms with E-state index in [2.05, 4.69) is 26.6 Å². The molecule has 2 unspecified atom stereocenters. The topological polar surface area (TPSA) is 139 Å². The van der Waals surface area contributed by atoms with E-state index in [1.807, 2.05) is 14.0 Å². The maximum Gasteiger partial charge on any atom is 0.315 e. The third-order valence-electron chi connectivity index (χ3n) is 5.18. The Morgan fingerprint density at radius 1 is 0.788 bits per heavy atom. The fraction of sp³-hybridized carbons (Fsp3) is 0.864. The number of rotatable bonds is 21. The molecule has 0 aromatic carbocycles. The summed E-state index contributed by atoms with van der Waals surface area (Å²) in [6.45, 7) is 6.41. The van der Waals surface area contributed by atoms with Crippen LogP contribution in [-0.2, 0) is 23.8 Å². The Balaban J connectivity index is 1.77. The van der Waals surface area contributed by atoms with Gasteiger partial charge in [-0.05, 0) is 26.8 Å². The molecule has 0 aromatic heterocycles. The Bertz CT molecular complexity index is 551. The summed E-state index contributed by atoms with van der Waals surface area (Å²) in [4.78, 5) is 34.4. The fourth-order valence-corrected chi connectivity index (χ4v) is 3.27. The minimum Gasteiger partial charge on any atom is -0.377 e. The van der Waals surface area contributed by atoms with E-state index in [1.54, 1.807) is 0 Å². The van der Waals surface area contributed by atoms with Crippen molar-refractivity contribution in [3.63, 3.8) is 0 Å². The molecule has 11 heteroatoms. The lowest BCUT2D eigenvalue weighted by Gasteiger charge is -2.13. The minimum absolute atomic E-state index is 0.0113. The molecule has 2 atom stereocenters. The molecule has 1 aliphatic heterocycles. The standard InChI is InChI=1S/C22H43N5O6/c1-18-19(27-22(30)26-18)6-4-3-5-7-20(28)24-10-12-31-14-16-33-17-15-32-13-11-25-21(29)8-9-23-2/h18-19,23H,3-17H2,1-2H3,(H,24,28)(H,25,29)(H2,26,27,30). The van der Waals surface area contributed by atoms with Gasteiger partial charge in [-0.1, -0.05) is 12.8 Å². The van der Waals surface area contributed by atoms with Gasteiger partial charge in [0, 0.05) is 38.5 Å². The SMILES string of the molecule is CNCCC(=O)NCCOCCOCCOCCNC(=O)CCCCCC1NC(=O)NC1C. The van der Waals surface area contributed by atoms with E-state index >= 15 is 0 Å². The van der Waals surface area contributed by atoms with Crippen LogP contribution in [0.2, 0.25) is 0 Å². The predicted molar refractivity (Wildman–Crippen MR) is 125 cm³/mol. The van der Waals surface area contributed by atoms with Crippen molar-refractivity contribution in [2.75, 3.05) is 66.3 Å². The first-order valence-corrected chi connectivity index (χ1v) is 12.0. The molecule has 5 N–H and O–H groups in total. The second kappa shape index (κ2) is 19.5. The van der Waals surface area contributed by atoms with E-state index in [9.17, 15) is 14.4 Å². The smallest absolute Gasteiger partial charge is 0.315 e. The summed E-state index contributed by atoms with van der Waals surface area (Å²) >= 11 is 0. The highest BCUT2D eigenvalue weighted by Crippen LogP contribution is 2.11.